The summed E-state index contributed by atoms with van der Waals surface area (Å²) in [6.07, 6.45) is 9.51. The summed E-state index contributed by atoms with van der Waals surface area (Å²) in [4.78, 5) is 4.12. The largest absolute Gasteiger partial charge is 0.337 e. The first kappa shape index (κ1) is 13.3. The van der Waals surface area contributed by atoms with Crippen molar-refractivity contribution in [2.24, 2.45) is 0 Å². The minimum atomic E-state index is 0.551. The van der Waals surface area contributed by atoms with E-state index in [1.54, 1.807) is 0 Å². The summed E-state index contributed by atoms with van der Waals surface area (Å²) in [7, 11) is 0. The molecule has 1 aromatic carbocycles. The fourth-order valence-corrected chi connectivity index (χ4v) is 2.86. The van der Waals surface area contributed by atoms with Crippen LogP contribution in [-0.4, -0.2) is 9.55 Å². The van der Waals surface area contributed by atoms with Crippen molar-refractivity contribution >= 4 is 15.9 Å². The summed E-state index contributed by atoms with van der Waals surface area (Å²) < 4.78 is 3.38. The Balaban J connectivity index is 2.16. The van der Waals surface area contributed by atoms with E-state index in [-0.39, 0.29) is 0 Å². The van der Waals surface area contributed by atoms with Crippen LogP contribution < -0.4 is 0 Å². The van der Waals surface area contributed by atoms with E-state index in [2.05, 4.69) is 56.7 Å². The van der Waals surface area contributed by atoms with Gasteiger partial charge in [0.1, 0.15) is 0 Å². The molecule has 1 heterocycles. The zero-order valence-corrected chi connectivity index (χ0v) is 12.3. The number of hydrogen-bond donors (Lipinski definition) is 0. The van der Waals surface area contributed by atoms with E-state index >= 15 is 0 Å². The van der Waals surface area contributed by atoms with E-state index in [1.165, 1.54) is 29.3 Å². The second-order valence-corrected chi connectivity index (χ2v) is 5.47. The average Bonchev–Trinajstić information content (AvgIpc) is 2.88. The molecule has 0 amide bonds. The minimum Gasteiger partial charge on any atom is -0.337 e. The van der Waals surface area contributed by atoms with Gasteiger partial charge < -0.3 is 4.57 Å². The Labute approximate surface area is 117 Å². The number of unbranched alkanes of at least 4 members (excludes halogenated alkanes) is 1. The van der Waals surface area contributed by atoms with Crippen molar-refractivity contribution in [2.45, 2.75) is 38.6 Å². The normalized spacial score (nSPS) is 12.6. The first-order valence-corrected chi connectivity index (χ1v) is 7.30. The highest BCUT2D eigenvalue weighted by Gasteiger charge is 2.14. The Bertz CT molecular complexity index is 465. The van der Waals surface area contributed by atoms with Gasteiger partial charge >= 0.3 is 0 Å². The topological polar surface area (TPSA) is 17.8 Å². The van der Waals surface area contributed by atoms with Crippen LogP contribution in [0.25, 0.3) is 0 Å². The zero-order valence-electron chi connectivity index (χ0n) is 10.7. The molecule has 0 saturated heterocycles. The van der Waals surface area contributed by atoms with Crippen LogP contribution in [0.15, 0.2) is 47.5 Å². The maximum absolute atomic E-state index is 4.12. The third kappa shape index (κ3) is 3.45. The van der Waals surface area contributed by atoms with Crippen LogP contribution in [0, 0.1) is 0 Å². The Hall–Kier alpha value is -1.09. The molecule has 0 spiro atoms. The van der Waals surface area contributed by atoms with E-state index in [4.69, 9.17) is 0 Å². The average molecular weight is 307 g/mol. The molecule has 1 unspecified atom stereocenters. The number of benzene rings is 1. The van der Waals surface area contributed by atoms with Crippen molar-refractivity contribution in [3.05, 3.63) is 53.0 Å². The van der Waals surface area contributed by atoms with Crippen LogP contribution in [0.5, 0.6) is 0 Å². The molecule has 2 rings (SSSR count). The second-order valence-electron chi connectivity index (χ2n) is 4.62. The molecule has 0 saturated carbocycles. The SMILES string of the molecule is CCCCC(Cn1ccnc1)c1ccccc1Br. The summed E-state index contributed by atoms with van der Waals surface area (Å²) in [5.74, 6) is 0.551. The van der Waals surface area contributed by atoms with Gasteiger partial charge in [-0.15, -0.1) is 0 Å². The summed E-state index contributed by atoms with van der Waals surface area (Å²) in [5, 5.41) is 0. The molecule has 3 heteroatoms. The molecule has 96 valence electrons. The minimum absolute atomic E-state index is 0.551. The predicted octanol–water partition coefficient (Wildman–Crippen LogP) is 4.62. The van der Waals surface area contributed by atoms with Crippen molar-refractivity contribution in [3.8, 4) is 0 Å². The molecule has 1 aromatic heterocycles. The van der Waals surface area contributed by atoms with Crippen LogP contribution in [0.4, 0.5) is 0 Å². The monoisotopic (exact) mass is 306 g/mol. The van der Waals surface area contributed by atoms with Gasteiger partial charge in [0.05, 0.1) is 6.33 Å². The van der Waals surface area contributed by atoms with Gasteiger partial charge in [-0.3, -0.25) is 0 Å². The molecule has 18 heavy (non-hydrogen) atoms. The van der Waals surface area contributed by atoms with Gasteiger partial charge in [0.15, 0.2) is 0 Å². The Morgan fingerprint density at radius 3 is 2.83 bits per heavy atom. The lowest BCUT2D eigenvalue weighted by Crippen LogP contribution is -2.08. The number of imidazole rings is 1. The molecule has 0 N–H and O–H groups in total. The van der Waals surface area contributed by atoms with Gasteiger partial charge in [0.25, 0.3) is 0 Å². The summed E-state index contributed by atoms with van der Waals surface area (Å²) in [6, 6.07) is 8.54. The molecule has 2 nitrogen and oxygen atoms in total. The van der Waals surface area contributed by atoms with Gasteiger partial charge in [-0.05, 0) is 18.1 Å². The molecular formula is C15H19BrN2. The second kappa shape index (κ2) is 6.74. The van der Waals surface area contributed by atoms with Crippen molar-refractivity contribution in [1.29, 1.82) is 0 Å². The summed E-state index contributed by atoms with van der Waals surface area (Å²) >= 11 is 3.67. The molecule has 0 aliphatic carbocycles. The third-order valence-electron chi connectivity index (χ3n) is 3.24. The van der Waals surface area contributed by atoms with E-state index in [0.29, 0.717) is 5.92 Å². The molecule has 1 atom stereocenters. The van der Waals surface area contributed by atoms with Crippen LogP contribution in [0.1, 0.15) is 37.7 Å². The van der Waals surface area contributed by atoms with Crippen molar-refractivity contribution in [1.82, 2.24) is 9.55 Å². The van der Waals surface area contributed by atoms with Crippen LogP contribution in [0.3, 0.4) is 0 Å². The lowest BCUT2D eigenvalue weighted by molar-refractivity contribution is 0.503. The fourth-order valence-electron chi connectivity index (χ4n) is 2.25. The van der Waals surface area contributed by atoms with Crippen molar-refractivity contribution in [2.75, 3.05) is 0 Å². The number of halogens is 1. The first-order chi connectivity index (χ1) is 8.81. The molecule has 0 bridgehead atoms. The highest BCUT2D eigenvalue weighted by Crippen LogP contribution is 2.30. The quantitative estimate of drug-likeness (QED) is 0.761. The summed E-state index contributed by atoms with van der Waals surface area (Å²) in [6.45, 7) is 3.25. The Kier molecular flexibility index (Phi) is 5.00. The summed E-state index contributed by atoms with van der Waals surface area (Å²) in [5.41, 5.74) is 1.40. The first-order valence-electron chi connectivity index (χ1n) is 6.51. The molecule has 0 fully saturated rings. The lowest BCUT2D eigenvalue weighted by atomic mass is 9.93. The maximum Gasteiger partial charge on any atom is 0.0946 e. The number of nitrogens with zero attached hydrogens (tertiary/aromatic N) is 2. The Morgan fingerprint density at radius 2 is 2.17 bits per heavy atom. The number of hydrogen-bond acceptors (Lipinski definition) is 1. The molecule has 0 aliphatic heterocycles. The van der Waals surface area contributed by atoms with Gasteiger partial charge in [-0.1, -0.05) is 53.9 Å². The van der Waals surface area contributed by atoms with Crippen molar-refractivity contribution < 1.29 is 0 Å². The van der Waals surface area contributed by atoms with Crippen LogP contribution >= 0.6 is 15.9 Å². The van der Waals surface area contributed by atoms with E-state index in [0.717, 1.165) is 6.54 Å². The smallest absolute Gasteiger partial charge is 0.0946 e. The number of aromatic nitrogens is 2. The van der Waals surface area contributed by atoms with Crippen molar-refractivity contribution in [3.63, 3.8) is 0 Å². The molecule has 0 radical (unpaired) electrons. The van der Waals surface area contributed by atoms with E-state index in [1.807, 2.05) is 18.7 Å². The van der Waals surface area contributed by atoms with E-state index in [9.17, 15) is 0 Å². The lowest BCUT2D eigenvalue weighted by Gasteiger charge is -2.19. The fraction of sp³-hybridized carbons (Fsp3) is 0.400. The highest BCUT2D eigenvalue weighted by molar-refractivity contribution is 9.10. The van der Waals surface area contributed by atoms with Gasteiger partial charge in [0, 0.05) is 29.3 Å². The standard InChI is InChI=1S/C15H19BrN2/c1-2-3-6-13(11-18-10-9-17-12-18)14-7-4-5-8-15(14)16/h4-5,7-10,12-13H,2-3,6,11H2,1H3. The predicted molar refractivity (Wildman–Crippen MR) is 78.6 cm³/mol. The van der Waals surface area contributed by atoms with Gasteiger partial charge in [0.2, 0.25) is 0 Å². The molecular weight excluding hydrogens is 288 g/mol. The van der Waals surface area contributed by atoms with Crippen LogP contribution in [0.2, 0.25) is 0 Å². The molecule has 2 aromatic rings. The van der Waals surface area contributed by atoms with Crippen LogP contribution in [-0.2, 0) is 6.54 Å². The van der Waals surface area contributed by atoms with Gasteiger partial charge in [-0.25, -0.2) is 4.98 Å². The molecule has 0 aliphatic rings. The number of rotatable bonds is 6. The maximum atomic E-state index is 4.12. The van der Waals surface area contributed by atoms with Gasteiger partial charge in [-0.2, -0.15) is 0 Å². The third-order valence-corrected chi connectivity index (χ3v) is 3.96. The van der Waals surface area contributed by atoms with E-state index < -0.39 is 0 Å². The zero-order chi connectivity index (χ0) is 12.8. The highest BCUT2D eigenvalue weighted by atomic mass is 79.9. The Morgan fingerprint density at radius 1 is 1.33 bits per heavy atom.